The molecular formula is C13H14O2. The van der Waals surface area contributed by atoms with Crippen LogP contribution in [0.5, 0.6) is 0 Å². The van der Waals surface area contributed by atoms with Gasteiger partial charge in [-0.1, -0.05) is 54.6 Å². The first-order valence-electron chi connectivity index (χ1n) is 4.83. The number of benzene rings is 1. The zero-order valence-corrected chi connectivity index (χ0v) is 8.63. The van der Waals surface area contributed by atoms with E-state index in [1.54, 1.807) is 19.1 Å². The predicted octanol–water partition coefficient (Wildman–Crippen LogP) is 2.98. The predicted molar refractivity (Wildman–Crippen MR) is 61.4 cm³/mol. The summed E-state index contributed by atoms with van der Waals surface area (Å²) < 4.78 is 0. The van der Waals surface area contributed by atoms with E-state index in [-0.39, 0.29) is 0 Å². The number of hydrogen-bond donors (Lipinski definition) is 1. The third-order valence-corrected chi connectivity index (χ3v) is 1.99. The minimum absolute atomic E-state index is 0.439. The molecule has 0 amide bonds. The van der Waals surface area contributed by atoms with Crippen molar-refractivity contribution >= 4 is 12.0 Å². The smallest absolute Gasteiger partial charge is 0.310 e. The Labute approximate surface area is 89.6 Å². The van der Waals surface area contributed by atoms with Crippen molar-refractivity contribution in [1.29, 1.82) is 0 Å². The van der Waals surface area contributed by atoms with Gasteiger partial charge in [-0.2, -0.15) is 0 Å². The van der Waals surface area contributed by atoms with Crippen molar-refractivity contribution in [2.24, 2.45) is 5.92 Å². The van der Waals surface area contributed by atoms with Gasteiger partial charge in [0, 0.05) is 0 Å². The van der Waals surface area contributed by atoms with Gasteiger partial charge in [-0.05, 0) is 12.5 Å². The van der Waals surface area contributed by atoms with Crippen molar-refractivity contribution in [2.45, 2.75) is 6.92 Å². The van der Waals surface area contributed by atoms with E-state index in [1.807, 2.05) is 42.5 Å². The molecule has 1 aromatic carbocycles. The number of carboxylic acid groups (broad SMARTS) is 1. The van der Waals surface area contributed by atoms with Crippen molar-refractivity contribution < 1.29 is 9.90 Å². The largest absolute Gasteiger partial charge is 0.481 e. The van der Waals surface area contributed by atoms with Crippen LogP contribution in [0.3, 0.4) is 0 Å². The minimum atomic E-state index is -0.806. The summed E-state index contributed by atoms with van der Waals surface area (Å²) in [5.74, 6) is -1.25. The number of allylic oxidation sites excluding steroid dienone is 2. The molecule has 1 unspecified atom stereocenters. The van der Waals surface area contributed by atoms with Crippen LogP contribution in [0.15, 0.2) is 48.6 Å². The summed E-state index contributed by atoms with van der Waals surface area (Å²) in [5.41, 5.74) is 1.10. The van der Waals surface area contributed by atoms with Crippen molar-refractivity contribution in [1.82, 2.24) is 0 Å². The molecule has 0 heterocycles. The van der Waals surface area contributed by atoms with Gasteiger partial charge >= 0.3 is 5.97 Å². The second-order valence-corrected chi connectivity index (χ2v) is 3.28. The Balaban J connectivity index is 2.50. The quantitative estimate of drug-likeness (QED) is 0.762. The Bertz CT molecular complexity index is 363. The van der Waals surface area contributed by atoms with Crippen LogP contribution in [0.25, 0.3) is 6.08 Å². The summed E-state index contributed by atoms with van der Waals surface area (Å²) in [4.78, 5) is 10.5. The van der Waals surface area contributed by atoms with Crippen molar-refractivity contribution in [3.8, 4) is 0 Å². The van der Waals surface area contributed by atoms with Crippen LogP contribution >= 0.6 is 0 Å². The lowest BCUT2D eigenvalue weighted by Crippen LogP contribution is -2.05. The molecule has 1 atom stereocenters. The summed E-state index contributed by atoms with van der Waals surface area (Å²) >= 11 is 0. The van der Waals surface area contributed by atoms with Crippen molar-refractivity contribution in [2.75, 3.05) is 0 Å². The van der Waals surface area contributed by atoms with Crippen LogP contribution in [0.4, 0.5) is 0 Å². The summed E-state index contributed by atoms with van der Waals surface area (Å²) in [6.45, 7) is 1.65. The molecule has 0 saturated heterocycles. The van der Waals surface area contributed by atoms with Crippen LogP contribution in [0.2, 0.25) is 0 Å². The topological polar surface area (TPSA) is 37.3 Å². The highest BCUT2D eigenvalue weighted by Gasteiger charge is 2.03. The Morgan fingerprint density at radius 2 is 1.93 bits per heavy atom. The highest BCUT2D eigenvalue weighted by atomic mass is 16.4. The molecule has 0 aliphatic rings. The highest BCUT2D eigenvalue weighted by Crippen LogP contribution is 2.02. The Morgan fingerprint density at radius 3 is 2.53 bits per heavy atom. The van der Waals surface area contributed by atoms with Crippen LogP contribution in [0.1, 0.15) is 12.5 Å². The van der Waals surface area contributed by atoms with Gasteiger partial charge in [-0.3, -0.25) is 4.79 Å². The number of hydrogen-bond acceptors (Lipinski definition) is 1. The summed E-state index contributed by atoms with van der Waals surface area (Å²) in [5, 5.41) is 8.62. The highest BCUT2D eigenvalue weighted by molar-refractivity contribution is 5.71. The van der Waals surface area contributed by atoms with Gasteiger partial charge in [0.15, 0.2) is 0 Å². The molecule has 0 radical (unpaired) electrons. The maximum atomic E-state index is 10.5. The lowest BCUT2D eigenvalue weighted by atomic mass is 10.1. The SMILES string of the molecule is CC(/C=C/C=C/c1ccccc1)C(=O)O. The molecule has 1 rings (SSSR count). The summed E-state index contributed by atoms with van der Waals surface area (Å²) in [6, 6.07) is 9.86. The second-order valence-electron chi connectivity index (χ2n) is 3.28. The lowest BCUT2D eigenvalue weighted by Gasteiger charge is -1.94. The molecule has 0 spiro atoms. The first kappa shape index (κ1) is 11.2. The molecule has 78 valence electrons. The van der Waals surface area contributed by atoms with Crippen molar-refractivity contribution in [3.05, 3.63) is 54.1 Å². The average Bonchev–Trinajstić information content (AvgIpc) is 2.25. The normalized spacial score (nSPS) is 13.4. The van der Waals surface area contributed by atoms with E-state index in [0.29, 0.717) is 0 Å². The minimum Gasteiger partial charge on any atom is -0.481 e. The Morgan fingerprint density at radius 1 is 1.27 bits per heavy atom. The molecule has 2 heteroatoms. The Hall–Kier alpha value is -1.83. The molecular weight excluding hydrogens is 188 g/mol. The Kier molecular flexibility index (Phi) is 4.35. The van der Waals surface area contributed by atoms with Gasteiger partial charge in [0.1, 0.15) is 0 Å². The molecule has 0 aliphatic carbocycles. The van der Waals surface area contributed by atoms with Crippen LogP contribution in [-0.2, 0) is 4.79 Å². The van der Waals surface area contributed by atoms with Gasteiger partial charge < -0.3 is 5.11 Å². The molecule has 1 N–H and O–H groups in total. The summed E-state index contributed by atoms with van der Waals surface area (Å²) in [7, 11) is 0. The second kappa shape index (κ2) is 5.81. The maximum absolute atomic E-state index is 10.5. The van der Waals surface area contributed by atoms with Gasteiger partial charge in [-0.15, -0.1) is 0 Å². The van der Waals surface area contributed by atoms with Gasteiger partial charge in [-0.25, -0.2) is 0 Å². The van der Waals surface area contributed by atoms with E-state index in [1.165, 1.54) is 0 Å². The van der Waals surface area contributed by atoms with E-state index in [9.17, 15) is 4.79 Å². The molecule has 2 nitrogen and oxygen atoms in total. The van der Waals surface area contributed by atoms with Crippen LogP contribution in [-0.4, -0.2) is 11.1 Å². The number of carbonyl (C=O) groups is 1. The first-order chi connectivity index (χ1) is 7.20. The van der Waals surface area contributed by atoms with Gasteiger partial charge in [0.25, 0.3) is 0 Å². The zero-order chi connectivity index (χ0) is 11.1. The first-order valence-corrected chi connectivity index (χ1v) is 4.83. The molecule has 1 aromatic rings. The van der Waals surface area contributed by atoms with E-state index in [2.05, 4.69) is 0 Å². The fourth-order valence-corrected chi connectivity index (χ4v) is 1.04. The standard InChI is InChI=1S/C13H14O2/c1-11(13(14)15)7-5-6-10-12-8-3-2-4-9-12/h2-11H,1H3,(H,14,15)/b7-5+,10-6+. The molecule has 0 aromatic heterocycles. The fourth-order valence-electron chi connectivity index (χ4n) is 1.04. The lowest BCUT2D eigenvalue weighted by molar-refractivity contribution is -0.139. The molecule has 0 saturated carbocycles. The van der Waals surface area contributed by atoms with Gasteiger partial charge in [0.05, 0.1) is 5.92 Å². The maximum Gasteiger partial charge on any atom is 0.310 e. The van der Waals surface area contributed by atoms with E-state index >= 15 is 0 Å². The van der Waals surface area contributed by atoms with Crippen LogP contribution < -0.4 is 0 Å². The zero-order valence-electron chi connectivity index (χ0n) is 8.63. The monoisotopic (exact) mass is 202 g/mol. The van der Waals surface area contributed by atoms with Crippen LogP contribution in [0, 0.1) is 5.92 Å². The van der Waals surface area contributed by atoms with Gasteiger partial charge in [0.2, 0.25) is 0 Å². The third kappa shape index (κ3) is 4.27. The van der Waals surface area contributed by atoms with E-state index in [0.717, 1.165) is 5.56 Å². The van der Waals surface area contributed by atoms with E-state index < -0.39 is 11.9 Å². The molecule has 0 fully saturated rings. The number of aliphatic carboxylic acids is 1. The molecule has 0 aliphatic heterocycles. The van der Waals surface area contributed by atoms with E-state index in [4.69, 9.17) is 5.11 Å². The third-order valence-electron chi connectivity index (χ3n) is 1.99. The molecule has 0 bridgehead atoms. The summed E-state index contributed by atoms with van der Waals surface area (Å²) in [6.07, 6.45) is 7.19. The number of carboxylic acids is 1. The average molecular weight is 202 g/mol. The van der Waals surface area contributed by atoms with Crippen molar-refractivity contribution in [3.63, 3.8) is 0 Å². The fraction of sp³-hybridized carbons (Fsp3) is 0.154. The number of rotatable bonds is 4. The molecule has 15 heavy (non-hydrogen) atoms.